The normalized spacial score (nSPS) is 10.8. The van der Waals surface area contributed by atoms with Gasteiger partial charge in [-0.05, 0) is 25.5 Å². The first kappa shape index (κ1) is 13.1. The average Bonchev–Trinajstić information content (AvgIpc) is 2.42. The minimum Gasteiger partial charge on any atom is -0.368 e. The summed E-state index contributed by atoms with van der Waals surface area (Å²) < 4.78 is 1.07. The minimum atomic E-state index is 0.169. The lowest BCUT2D eigenvalue weighted by Crippen LogP contribution is -2.28. The molecule has 3 heteroatoms. The molecular formula is C15H19NOS. The highest BCUT2D eigenvalue weighted by Crippen LogP contribution is 2.21. The Morgan fingerprint density at radius 1 is 1.22 bits per heavy atom. The Labute approximate surface area is 112 Å². The summed E-state index contributed by atoms with van der Waals surface area (Å²) >= 11 is 1.65. The quantitative estimate of drug-likeness (QED) is 0.814. The molecule has 0 bridgehead atoms. The first-order chi connectivity index (χ1) is 8.77. The van der Waals surface area contributed by atoms with Gasteiger partial charge in [-0.15, -0.1) is 11.3 Å². The zero-order valence-electron chi connectivity index (χ0n) is 11.0. The lowest BCUT2D eigenvalue weighted by Gasteiger charge is -2.22. The van der Waals surface area contributed by atoms with E-state index < -0.39 is 0 Å². The van der Waals surface area contributed by atoms with Gasteiger partial charge in [0.2, 0.25) is 5.43 Å². The zero-order valence-corrected chi connectivity index (χ0v) is 11.8. The molecule has 0 fully saturated rings. The van der Waals surface area contributed by atoms with E-state index in [0.29, 0.717) is 0 Å². The largest absolute Gasteiger partial charge is 0.368 e. The van der Waals surface area contributed by atoms with Gasteiger partial charge in [0.05, 0.1) is 5.69 Å². The number of hydrogen-bond donors (Lipinski definition) is 0. The summed E-state index contributed by atoms with van der Waals surface area (Å²) in [5.41, 5.74) is 1.02. The summed E-state index contributed by atoms with van der Waals surface area (Å²) in [6.45, 7) is 6.14. The molecule has 2 nitrogen and oxygen atoms in total. The first-order valence-corrected chi connectivity index (χ1v) is 7.41. The van der Waals surface area contributed by atoms with Gasteiger partial charge in [-0.1, -0.05) is 25.5 Å². The summed E-state index contributed by atoms with van der Waals surface area (Å²) in [4.78, 5) is 14.6. The Morgan fingerprint density at radius 3 is 2.72 bits per heavy atom. The van der Waals surface area contributed by atoms with Crippen molar-refractivity contribution in [1.82, 2.24) is 0 Å². The molecule has 1 aromatic carbocycles. The highest BCUT2D eigenvalue weighted by atomic mass is 32.1. The lowest BCUT2D eigenvalue weighted by molar-refractivity contribution is 0.731. The van der Waals surface area contributed by atoms with Gasteiger partial charge in [0.25, 0.3) is 0 Å². The molecule has 0 aliphatic rings. The first-order valence-electron chi connectivity index (χ1n) is 6.53. The van der Waals surface area contributed by atoms with Crippen LogP contribution in [0.15, 0.2) is 34.4 Å². The minimum absolute atomic E-state index is 0.169. The number of fused-ring (bicyclic) bond motifs is 1. The second-order valence-corrected chi connectivity index (χ2v) is 5.29. The van der Waals surface area contributed by atoms with Crippen LogP contribution < -0.4 is 10.3 Å². The molecule has 1 heterocycles. The third-order valence-corrected chi connectivity index (χ3v) is 4.12. The van der Waals surface area contributed by atoms with E-state index in [2.05, 4.69) is 18.7 Å². The molecule has 0 spiro atoms. The molecule has 2 rings (SSSR count). The van der Waals surface area contributed by atoms with E-state index in [1.165, 1.54) is 0 Å². The van der Waals surface area contributed by atoms with Gasteiger partial charge in [0.15, 0.2) is 0 Å². The molecule has 1 aromatic heterocycles. The summed E-state index contributed by atoms with van der Waals surface area (Å²) in [6.07, 6.45) is 2.28. The fourth-order valence-electron chi connectivity index (χ4n) is 2.08. The van der Waals surface area contributed by atoms with Crippen molar-refractivity contribution >= 4 is 27.1 Å². The van der Waals surface area contributed by atoms with Crippen LogP contribution in [0.1, 0.15) is 26.7 Å². The van der Waals surface area contributed by atoms with E-state index >= 15 is 0 Å². The van der Waals surface area contributed by atoms with Crippen molar-refractivity contribution in [3.05, 3.63) is 39.9 Å². The van der Waals surface area contributed by atoms with Crippen molar-refractivity contribution in [2.75, 3.05) is 18.0 Å². The predicted molar refractivity (Wildman–Crippen MR) is 80.9 cm³/mol. The van der Waals surface area contributed by atoms with Crippen molar-refractivity contribution in [2.45, 2.75) is 26.7 Å². The van der Waals surface area contributed by atoms with Crippen LogP contribution in [-0.2, 0) is 0 Å². The number of nitrogens with zero attached hydrogens (tertiary/aromatic N) is 1. The van der Waals surface area contributed by atoms with Crippen LogP contribution in [0.25, 0.3) is 10.1 Å². The zero-order chi connectivity index (χ0) is 13.0. The van der Waals surface area contributed by atoms with Crippen molar-refractivity contribution in [1.29, 1.82) is 0 Å². The van der Waals surface area contributed by atoms with Gasteiger partial charge >= 0.3 is 0 Å². The lowest BCUT2D eigenvalue weighted by atomic mass is 10.2. The van der Waals surface area contributed by atoms with Crippen molar-refractivity contribution in [2.24, 2.45) is 0 Å². The fourth-order valence-corrected chi connectivity index (χ4v) is 3.02. The van der Waals surface area contributed by atoms with Crippen molar-refractivity contribution in [3.63, 3.8) is 0 Å². The number of benzene rings is 1. The Balaban J connectivity index is 2.44. The Bertz CT molecular complexity index is 576. The van der Waals surface area contributed by atoms with Crippen LogP contribution in [0.3, 0.4) is 0 Å². The number of hydrogen-bond acceptors (Lipinski definition) is 3. The number of rotatable bonds is 5. The monoisotopic (exact) mass is 261 g/mol. The smallest absolute Gasteiger partial charge is 0.211 e. The summed E-state index contributed by atoms with van der Waals surface area (Å²) in [7, 11) is 0. The standard InChI is InChI=1S/C15H19NOS/c1-3-5-10-16(4-2)13-11-18-14-9-7-6-8-12(14)15(13)17/h6-9,11H,3-5,10H2,1-2H3. The van der Waals surface area contributed by atoms with E-state index in [1.807, 2.05) is 29.6 Å². The van der Waals surface area contributed by atoms with Gasteiger partial charge in [-0.2, -0.15) is 0 Å². The molecule has 0 atom stereocenters. The van der Waals surface area contributed by atoms with E-state index in [9.17, 15) is 4.79 Å². The molecule has 0 aliphatic carbocycles. The highest BCUT2D eigenvalue weighted by Gasteiger charge is 2.10. The van der Waals surface area contributed by atoms with Crippen LogP contribution in [0, 0.1) is 0 Å². The fraction of sp³-hybridized carbons (Fsp3) is 0.400. The SMILES string of the molecule is CCCCN(CC)c1csc2ccccc2c1=O. The van der Waals surface area contributed by atoms with E-state index in [0.717, 1.165) is 41.7 Å². The molecule has 18 heavy (non-hydrogen) atoms. The third-order valence-electron chi connectivity index (χ3n) is 3.17. The Hall–Kier alpha value is -1.35. The topological polar surface area (TPSA) is 20.3 Å². The molecule has 0 aliphatic heterocycles. The number of anilines is 1. The van der Waals surface area contributed by atoms with E-state index in [1.54, 1.807) is 11.3 Å². The van der Waals surface area contributed by atoms with Crippen LogP contribution in [0.5, 0.6) is 0 Å². The molecule has 0 amide bonds. The van der Waals surface area contributed by atoms with Crippen molar-refractivity contribution in [3.8, 4) is 0 Å². The van der Waals surface area contributed by atoms with Gasteiger partial charge in [0.1, 0.15) is 0 Å². The maximum atomic E-state index is 12.5. The molecule has 96 valence electrons. The maximum Gasteiger partial charge on any atom is 0.211 e. The van der Waals surface area contributed by atoms with Crippen molar-refractivity contribution < 1.29 is 0 Å². The molecular weight excluding hydrogens is 242 g/mol. The van der Waals surface area contributed by atoms with Gasteiger partial charge < -0.3 is 4.90 Å². The average molecular weight is 261 g/mol. The second-order valence-electron chi connectivity index (χ2n) is 4.38. The molecule has 0 unspecified atom stereocenters. The maximum absolute atomic E-state index is 12.5. The summed E-state index contributed by atoms with van der Waals surface area (Å²) in [5.74, 6) is 0. The van der Waals surface area contributed by atoms with Gasteiger partial charge in [-0.25, -0.2) is 0 Å². The third kappa shape index (κ3) is 2.56. The summed E-state index contributed by atoms with van der Waals surface area (Å²) in [5, 5.41) is 2.85. The van der Waals surface area contributed by atoms with Gasteiger partial charge in [-0.3, -0.25) is 4.79 Å². The summed E-state index contributed by atoms with van der Waals surface area (Å²) in [6, 6.07) is 7.84. The van der Waals surface area contributed by atoms with E-state index in [-0.39, 0.29) is 5.43 Å². The van der Waals surface area contributed by atoms with E-state index in [4.69, 9.17) is 0 Å². The Kier molecular flexibility index (Phi) is 4.37. The molecule has 0 saturated carbocycles. The van der Waals surface area contributed by atoms with Crippen LogP contribution in [0.4, 0.5) is 5.69 Å². The van der Waals surface area contributed by atoms with Gasteiger partial charge in [0, 0.05) is 28.6 Å². The van der Waals surface area contributed by atoms with Crippen LogP contribution in [0.2, 0.25) is 0 Å². The Morgan fingerprint density at radius 2 is 2.00 bits per heavy atom. The highest BCUT2D eigenvalue weighted by molar-refractivity contribution is 7.16. The van der Waals surface area contributed by atoms with Crippen LogP contribution >= 0.6 is 11.3 Å². The molecule has 2 aromatic rings. The van der Waals surface area contributed by atoms with Crippen LogP contribution in [-0.4, -0.2) is 13.1 Å². The number of unbranched alkanes of at least 4 members (excludes halogenated alkanes) is 1. The molecule has 0 N–H and O–H groups in total. The molecule has 0 saturated heterocycles. The molecule has 0 radical (unpaired) electrons. The predicted octanol–water partition coefficient (Wildman–Crippen LogP) is 3.89. The second kappa shape index (κ2) is 6.01.